The number of benzene rings is 3. The van der Waals surface area contributed by atoms with Crippen molar-refractivity contribution in [2.75, 3.05) is 25.0 Å². The molecule has 218 valence electrons. The molecule has 2 aliphatic rings. The number of nitrogens with one attached hydrogen (secondary N) is 1. The van der Waals surface area contributed by atoms with E-state index in [2.05, 4.69) is 23.2 Å². The Labute approximate surface area is 249 Å². The fourth-order valence-electron chi connectivity index (χ4n) is 6.04. The minimum atomic E-state index is -4.34. The smallest absolute Gasteiger partial charge is 0.396 e. The molecule has 43 heavy (non-hydrogen) atoms. The van der Waals surface area contributed by atoms with Gasteiger partial charge in [-0.1, -0.05) is 36.3 Å². The lowest BCUT2D eigenvalue weighted by molar-refractivity contribution is -0.730. The zero-order valence-electron chi connectivity index (χ0n) is 23.2. The summed E-state index contributed by atoms with van der Waals surface area (Å²) < 4.78 is 33.7. The molecule has 1 amide bonds. The highest BCUT2D eigenvalue weighted by molar-refractivity contribution is 7.86. The molecule has 1 aromatic heterocycles. The predicted octanol–water partition coefficient (Wildman–Crippen LogP) is 4.34. The summed E-state index contributed by atoms with van der Waals surface area (Å²) in [6.07, 6.45) is 0.834. The third-order valence-electron chi connectivity index (χ3n) is 8.56. The molecule has 9 nitrogen and oxygen atoms in total. The molecule has 0 unspecified atom stereocenters. The van der Waals surface area contributed by atoms with E-state index in [9.17, 15) is 23.1 Å². The molecule has 0 bridgehead atoms. The topological polar surface area (TPSA) is 140 Å². The third-order valence-corrected chi connectivity index (χ3v) is 10.9. The summed E-state index contributed by atoms with van der Waals surface area (Å²) >= 11 is 0. The fourth-order valence-corrected chi connectivity index (χ4v) is 7.90. The number of aromatic carboxylic acids is 1. The van der Waals surface area contributed by atoms with Gasteiger partial charge in [-0.25, -0.2) is 9.59 Å². The van der Waals surface area contributed by atoms with Gasteiger partial charge < -0.3 is 20.6 Å². The van der Waals surface area contributed by atoms with Crippen LogP contribution >= 0.6 is 0 Å². The first-order valence-corrected chi connectivity index (χ1v) is 15.4. The number of hydrogen-bond donors (Lipinski definition) is 3. The van der Waals surface area contributed by atoms with Crippen LogP contribution in [0.5, 0.6) is 0 Å². The molecule has 10 heteroatoms. The van der Waals surface area contributed by atoms with Crippen LogP contribution in [0.2, 0.25) is 0 Å². The lowest BCUT2D eigenvalue weighted by Gasteiger charge is -2.43. The standard InChI is InChI=1S/C33H29N3O6S/c34-21-24-7-14-29-28(20-24)33(22-35-29)16-18-36(19-17-33,43(40,41)27-12-8-25(9-13-27)32(38)39)31(37)30-15-11-26(42-30)10-6-23-4-2-1-3-5-23/h1-5,7-9,11-15,20,35H,16-19,21-22,34H2/p+1. The second-order valence-corrected chi connectivity index (χ2v) is 13.1. The fraction of sp³-hybridized carbons (Fsp3) is 0.212. The minimum Gasteiger partial charge on any atom is -0.478 e. The first-order chi connectivity index (χ1) is 20.7. The highest BCUT2D eigenvalue weighted by Gasteiger charge is 2.58. The maximum atomic E-state index is 14.4. The summed E-state index contributed by atoms with van der Waals surface area (Å²) in [6.45, 7) is 1.01. The molecular formula is C33H30N3O6S+. The number of furan rings is 1. The third kappa shape index (κ3) is 4.91. The summed E-state index contributed by atoms with van der Waals surface area (Å²) in [6, 6.07) is 23.3. The second kappa shape index (κ2) is 10.9. The number of carboxylic acid groups (broad SMARTS) is 1. The first kappa shape index (κ1) is 28.4. The molecule has 3 heterocycles. The molecule has 6 rings (SSSR count). The van der Waals surface area contributed by atoms with E-state index in [4.69, 9.17) is 10.2 Å². The van der Waals surface area contributed by atoms with E-state index in [-0.39, 0.29) is 40.5 Å². The van der Waals surface area contributed by atoms with Crippen LogP contribution < -0.4 is 11.1 Å². The molecule has 1 fully saturated rings. The number of nitrogens with zero attached hydrogens (tertiary/aromatic N) is 1. The molecule has 4 N–H and O–H groups in total. The maximum Gasteiger partial charge on any atom is 0.396 e. The molecule has 0 radical (unpaired) electrons. The Balaban J connectivity index is 1.38. The van der Waals surface area contributed by atoms with E-state index in [1.54, 1.807) is 6.07 Å². The Kier molecular flexibility index (Phi) is 7.18. The zero-order chi connectivity index (χ0) is 30.2. The van der Waals surface area contributed by atoms with Gasteiger partial charge in [-0.2, -0.15) is 8.42 Å². The highest BCUT2D eigenvalue weighted by atomic mass is 32.2. The number of likely N-dealkylation sites (tertiary alicyclic amines) is 1. The van der Waals surface area contributed by atoms with Gasteiger partial charge in [0.25, 0.3) is 0 Å². The number of carbonyl (C=O) groups is 2. The van der Waals surface area contributed by atoms with Crippen molar-refractivity contribution in [2.45, 2.75) is 29.7 Å². The molecule has 4 aromatic rings. The first-order valence-electron chi connectivity index (χ1n) is 13.9. The van der Waals surface area contributed by atoms with Crippen molar-refractivity contribution in [3.8, 4) is 11.8 Å². The Hall–Kier alpha value is -4.69. The molecule has 1 spiro atoms. The summed E-state index contributed by atoms with van der Waals surface area (Å²) in [4.78, 5) is 25.6. The van der Waals surface area contributed by atoms with Gasteiger partial charge >= 0.3 is 21.9 Å². The maximum absolute atomic E-state index is 14.4. The number of piperidine rings is 1. The molecule has 3 aromatic carbocycles. The number of carbonyl (C=O) groups excluding carboxylic acids is 1. The second-order valence-electron chi connectivity index (χ2n) is 10.9. The van der Waals surface area contributed by atoms with Crippen molar-refractivity contribution >= 4 is 27.6 Å². The van der Waals surface area contributed by atoms with Crippen molar-refractivity contribution in [3.05, 3.63) is 119 Å². The Morgan fingerprint density at radius 3 is 2.35 bits per heavy atom. The van der Waals surface area contributed by atoms with Gasteiger partial charge in [0.05, 0.1) is 5.56 Å². The van der Waals surface area contributed by atoms with Crippen molar-refractivity contribution in [2.24, 2.45) is 5.73 Å². The number of nitrogens with two attached hydrogens (primary N) is 1. The predicted molar refractivity (Wildman–Crippen MR) is 160 cm³/mol. The van der Waals surface area contributed by atoms with Gasteiger partial charge in [0.2, 0.25) is 5.76 Å². The van der Waals surface area contributed by atoms with E-state index < -0.39 is 25.8 Å². The van der Waals surface area contributed by atoms with Crippen LogP contribution in [-0.2, 0) is 22.0 Å². The quantitative estimate of drug-likeness (QED) is 0.228. The molecule has 0 saturated carbocycles. The van der Waals surface area contributed by atoms with Crippen LogP contribution in [0, 0.1) is 11.8 Å². The van der Waals surface area contributed by atoms with Crippen LogP contribution in [0.1, 0.15) is 56.2 Å². The van der Waals surface area contributed by atoms with E-state index in [1.165, 1.54) is 30.3 Å². The largest absolute Gasteiger partial charge is 0.478 e. The number of hydrogen-bond acceptors (Lipinski definition) is 7. The molecule has 2 aliphatic heterocycles. The van der Waals surface area contributed by atoms with Crippen LogP contribution in [0.4, 0.5) is 5.69 Å². The summed E-state index contributed by atoms with van der Waals surface area (Å²) in [7, 11) is -4.34. The number of sulfonamides is 1. The zero-order valence-corrected chi connectivity index (χ0v) is 24.1. The van der Waals surface area contributed by atoms with Crippen molar-refractivity contribution < 1.29 is 31.4 Å². The van der Waals surface area contributed by atoms with Crippen LogP contribution in [-0.4, -0.2) is 48.9 Å². The van der Waals surface area contributed by atoms with Crippen molar-refractivity contribution in [1.29, 1.82) is 0 Å². The van der Waals surface area contributed by atoms with Crippen LogP contribution in [0.25, 0.3) is 0 Å². The van der Waals surface area contributed by atoms with Crippen LogP contribution in [0.3, 0.4) is 0 Å². The van der Waals surface area contributed by atoms with E-state index in [1.807, 2.05) is 42.5 Å². The summed E-state index contributed by atoms with van der Waals surface area (Å²) in [5.74, 6) is 4.16. The number of quaternary nitrogens is 1. The number of rotatable bonds is 5. The Morgan fingerprint density at radius 2 is 1.67 bits per heavy atom. The monoisotopic (exact) mass is 596 g/mol. The van der Waals surface area contributed by atoms with E-state index in [0.717, 1.165) is 22.4 Å². The molecule has 0 aliphatic carbocycles. The molecule has 0 atom stereocenters. The Morgan fingerprint density at radius 1 is 0.953 bits per heavy atom. The van der Waals surface area contributed by atoms with Crippen molar-refractivity contribution in [1.82, 2.24) is 0 Å². The van der Waals surface area contributed by atoms with Gasteiger partial charge in [-0.05, 0) is 71.6 Å². The van der Waals surface area contributed by atoms with Gasteiger partial charge in [-0.3, -0.25) is 0 Å². The minimum absolute atomic E-state index is 0.00154. The average molecular weight is 597 g/mol. The number of anilines is 1. The van der Waals surface area contributed by atoms with Crippen LogP contribution in [0.15, 0.2) is 94.2 Å². The van der Waals surface area contributed by atoms with E-state index >= 15 is 0 Å². The van der Waals surface area contributed by atoms with Gasteiger partial charge in [0, 0.05) is 42.6 Å². The van der Waals surface area contributed by atoms with Gasteiger partial charge in [0.15, 0.2) is 5.76 Å². The lowest BCUT2D eigenvalue weighted by Crippen LogP contribution is -2.62. The number of carboxylic acids is 1. The highest BCUT2D eigenvalue weighted by Crippen LogP contribution is 2.47. The summed E-state index contributed by atoms with van der Waals surface area (Å²) in [5.41, 5.74) is 9.33. The Bertz CT molecular complexity index is 1880. The molecular weight excluding hydrogens is 566 g/mol. The number of amides is 1. The molecule has 1 saturated heterocycles. The normalized spacial score (nSPS) is 21.0. The lowest BCUT2D eigenvalue weighted by atomic mass is 9.74. The summed E-state index contributed by atoms with van der Waals surface area (Å²) in [5, 5.41) is 12.8. The van der Waals surface area contributed by atoms with Crippen molar-refractivity contribution in [3.63, 3.8) is 0 Å². The average Bonchev–Trinajstić information content (AvgIpc) is 3.65. The number of fused-ring (bicyclic) bond motifs is 2. The van der Waals surface area contributed by atoms with Gasteiger partial charge in [0.1, 0.15) is 18.0 Å². The van der Waals surface area contributed by atoms with Gasteiger partial charge in [-0.15, -0.1) is 3.89 Å². The SMILES string of the molecule is NCc1ccc2c(c1)C1(CC[N+](C(=O)c3ccc(C#Cc4ccccc4)o3)(S(=O)(=O)c3ccc(C(=O)O)cc3)CC1)CN2. The van der Waals surface area contributed by atoms with E-state index in [0.29, 0.717) is 25.9 Å².